The number of hydrogen-bond donors (Lipinski definition) is 3. The van der Waals surface area contributed by atoms with Gasteiger partial charge in [0.2, 0.25) is 5.91 Å². The number of carbonyl (C=O) groups is 3. The van der Waals surface area contributed by atoms with Gasteiger partial charge in [-0.1, -0.05) is 26.0 Å². The first-order valence-electron chi connectivity index (χ1n) is 8.94. The molecule has 0 saturated carbocycles. The van der Waals surface area contributed by atoms with Crippen molar-refractivity contribution in [3.8, 4) is 0 Å². The summed E-state index contributed by atoms with van der Waals surface area (Å²) >= 11 is 0. The van der Waals surface area contributed by atoms with Crippen LogP contribution in [0.3, 0.4) is 0 Å². The molecule has 2 aromatic rings. The minimum Gasteiger partial charge on any atom is -0.481 e. The Morgan fingerprint density at radius 3 is 2.36 bits per heavy atom. The first-order valence-corrected chi connectivity index (χ1v) is 8.94. The van der Waals surface area contributed by atoms with E-state index >= 15 is 0 Å². The second-order valence-corrected chi connectivity index (χ2v) is 6.79. The Bertz CT molecular complexity index is 850. The predicted octanol–water partition coefficient (Wildman–Crippen LogP) is 3.24. The van der Waals surface area contributed by atoms with Gasteiger partial charge in [0, 0.05) is 17.7 Å². The van der Waals surface area contributed by atoms with Crippen molar-refractivity contribution < 1.29 is 23.9 Å². The van der Waals surface area contributed by atoms with Crippen molar-refractivity contribution in [3.63, 3.8) is 0 Å². The molecular weight excluding hydrogens is 363 g/mol. The van der Waals surface area contributed by atoms with E-state index in [9.17, 15) is 18.8 Å². The molecular formula is C21H23FN2O4. The number of halogens is 1. The van der Waals surface area contributed by atoms with E-state index in [0.29, 0.717) is 12.1 Å². The molecule has 0 saturated heterocycles. The fourth-order valence-electron chi connectivity index (χ4n) is 2.64. The minimum absolute atomic E-state index is 0.000252. The predicted molar refractivity (Wildman–Crippen MR) is 104 cm³/mol. The average molecular weight is 386 g/mol. The normalized spacial score (nSPS) is 11.7. The molecule has 2 aromatic carbocycles. The van der Waals surface area contributed by atoms with E-state index in [-0.39, 0.29) is 23.8 Å². The SMILES string of the molecule is CC(C)C(NC(=O)c1ccc(F)cc1)C(=O)Nc1cccc(CCC(=O)O)c1. The summed E-state index contributed by atoms with van der Waals surface area (Å²) in [4.78, 5) is 35.7. The standard InChI is InChI=1S/C21H23FN2O4/c1-13(2)19(24-20(27)15-7-9-16(22)10-8-15)21(28)23-17-5-3-4-14(12-17)6-11-18(25)26/h3-5,7-10,12-13,19H,6,11H2,1-2H3,(H,23,28)(H,24,27)(H,25,26). The van der Waals surface area contributed by atoms with Crippen LogP contribution in [0.15, 0.2) is 48.5 Å². The molecule has 0 aromatic heterocycles. The van der Waals surface area contributed by atoms with E-state index in [2.05, 4.69) is 10.6 Å². The number of carboxylic acid groups (broad SMARTS) is 1. The first kappa shape index (κ1) is 21.1. The molecule has 0 aliphatic rings. The van der Waals surface area contributed by atoms with Gasteiger partial charge in [-0.15, -0.1) is 0 Å². The second kappa shape index (κ2) is 9.64. The Morgan fingerprint density at radius 2 is 1.75 bits per heavy atom. The van der Waals surface area contributed by atoms with Crippen LogP contribution in [0, 0.1) is 11.7 Å². The van der Waals surface area contributed by atoms with Gasteiger partial charge in [0.15, 0.2) is 0 Å². The summed E-state index contributed by atoms with van der Waals surface area (Å²) in [6, 6.07) is 11.2. The molecule has 1 atom stereocenters. The largest absolute Gasteiger partial charge is 0.481 e. The first-order chi connectivity index (χ1) is 13.3. The summed E-state index contributed by atoms with van der Waals surface area (Å²) in [7, 11) is 0. The van der Waals surface area contributed by atoms with Crippen LogP contribution in [0.5, 0.6) is 0 Å². The molecule has 0 heterocycles. The summed E-state index contributed by atoms with van der Waals surface area (Å²) in [6.07, 6.45) is 0.355. The minimum atomic E-state index is -0.891. The Hall–Kier alpha value is -3.22. The maximum Gasteiger partial charge on any atom is 0.303 e. The summed E-state index contributed by atoms with van der Waals surface area (Å²) in [6.45, 7) is 3.61. The highest BCUT2D eigenvalue weighted by molar-refractivity contribution is 6.01. The number of carbonyl (C=O) groups excluding carboxylic acids is 2. The number of aryl methyl sites for hydroxylation is 1. The van der Waals surface area contributed by atoms with Gasteiger partial charge in [0.25, 0.3) is 5.91 Å². The number of nitrogens with one attached hydrogen (secondary N) is 2. The number of benzene rings is 2. The Morgan fingerprint density at radius 1 is 1.07 bits per heavy atom. The molecule has 0 radical (unpaired) electrons. The second-order valence-electron chi connectivity index (χ2n) is 6.79. The molecule has 2 amide bonds. The van der Waals surface area contributed by atoms with Crippen molar-refractivity contribution in [2.75, 3.05) is 5.32 Å². The molecule has 0 aliphatic carbocycles. The molecule has 148 valence electrons. The smallest absolute Gasteiger partial charge is 0.303 e. The monoisotopic (exact) mass is 386 g/mol. The topological polar surface area (TPSA) is 95.5 Å². The molecule has 7 heteroatoms. The van der Waals surface area contributed by atoms with Crippen molar-refractivity contribution >= 4 is 23.5 Å². The lowest BCUT2D eigenvalue weighted by Crippen LogP contribution is -2.47. The summed E-state index contributed by atoms with van der Waals surface area (Å²) in [5, 5.41) is 14.2. The van der Waals surface area contributed by atoms with E-state index in [4.69, 9.17) is 5.11 Å². The Kier molecular flexibility index (Phi) is 7.26. The third kappa shape index (κ3) is 6.19. The zero-order valence-corrected chi connectivity index (χ0v) is 15.7. The van der Waals surface area contributed by atoms with Gasteiger partial charge in [0.1, 0.15) is 11.9 Å². The third-order valence-electron chi connectivity index (χ3n) is 4.16. The summed E-state index contributed by atoms with van der Waals surface area (Å²) in [5.74, 6) is -2.38. The van der Waals surface area contributed by atoms with E-state index in [1.54, 1.807) is 38.1 Å². The number of carboxylic acids is 1. The van der Waals surface area contributed by atoms with Crippen molar-refractivity contribution in [2.45, 2.75) is 32.7 Å². The maximum absolute atomic E-state index is 13.0. The molecule has 1 unspecified atom stereocenters. The molecule has 3 N–H and O–H groups in total. The number of rotatable bonds is 8. The average Bonchev–Trinajstić information content (AvgIpc) is 2.64. The molecule has 0 spiro atoms. The fraction of sp³-hybridized carbons (Fsp3) is 0.286. The number of anilines is 1. The lowest BCUT2D eigenvalue weighted by Gasteiger charge is -2.22. The van der Waals surface area contributed by atoms with Gasteiger partial charge in [-0.2, -0.15) is 0 Å². The quantitative estimate of drug-likeness (QED) is 0.649. The van der Waals surface area contributed by atoms with Crippen LogP contribution in [-0.4, -0.2) is 28.9 Å². The van der Waals surface area contributed by atoms with Crippen LogP contribution >= 0.6 is 0 Å². The molecule has 6 nitrogen and oxygen atoms in total. The summed E-state index contributed by atoms with van der Waals surface area (Å²) in [5.41, 5.74) is 1.57. The zero-order valence-electron chi connectivity index (χ0n) is 15.7. The van der Waals surface area contributed by atoms with Crippen LogP contribution in [-0.2, 0) is 16.0 Å². The molecule has 2 rings (SSSR count). The lowest BCUT2D eigenvalue weighted by molar-refractivity contribution is -0.137. The van der Waals surface area contributed by atoms with Gasteiger partial charge in [-0.25, -0.2) is 4.39 Å². The molecule has 0 bridgehead atoms. The van der Waals surface area contributed by atoms with Crippen molar-refractivity contribution in [3.05, 3.63) is 65.5 Å². The third-order valence-corrected chi connectivity index (χ3v) is 4.16. The zero-order chi connectivity index (χ0) is 20.7. The van der Waals surface area contributed by atoms with Crippen molar-refractivity contribution in [2.24, 2.45) is 5.92 Å². The van der Waals surface area contributed by atoms with Crippen LogP contribution in [0.1, 0.15) is 36.2 Å². The Balaban J connectivity index is 2.06. The van der Waals surface area contributed by atoms with Crippen molar-refractivity contribution in [1.82, 2.24) is 5.32 Å². The van der Waals surface area contributed by atoms with E-state index in [1.807, 2.05) is 0 Å². The van der Waals surface area contributed by atoms with Crippen LogP contribution in [0.2, 0.25) is 0 Å². The van der Waals surface area contributed by atoms with Gasteiger partial charge < -0.3 is 15.7 Å². The number of hydrogen-bond acceptors (Lipinski definition) is 3. The van der Waals surface area contributed by atoms with Gasteiger partial charge in [-0.3, -0.25) is 14.4 Å². The lowest BCUT2D eigenvalue weighted by atomic mass is 10.0. The highest BCUT2D eigenvalue weighted by atomic mass is 19.1. The van der Waals surface area contributed by atoms with Crippen LogP contribution < -0.4 is 10.6 Å². The Labute approximate surface area is 162 Å². The highest BCUT2D eigenvalue weighted by Crippen LogP contribution is 2.14. The molecule has 28 heavy (non-hydrogen) atoms. The summed E-state index contributed by atoms with van der Waals surface area (Å²) < 4.78 is 13.0. The van der Waals surface area contributed by atoms with E-state index in [0.717, 1.165) is 5.56 Å². The van der Waals surface area contributed by atoms with Crippen molar-refractivity contribution in [1.29, 1.82) is 0 Å². The van der Waals surface area contributed by atoms with Crippen LogP contribution in [0.25, 0.3) is 0 Å². The highest BCUT2D eigenvalue weighted by Gasteiger charge is 2.25. The number of amides is 2. The van der Waals surface area contributed by atoms with Gasteiger partial charge in [-0.05, 0) is 54.3 Å². The van der Waals surface area contributed by atoms with E-state index in [1.165, 1.54) is 24.3 Å². The fourth-order valence-corrected chi connectivity index (χ4v) is 2.64. The van der Waals surface area contributed by atoms with E-state index < -0.39 is 23.7 Å². The maximum atomic E-state index is 13.0. The molecule has 0 aliphatic heterocycles. The van der Waals surface area contributed by atoms with Crippen LogP contribution in [0.4, 0.5) is 10.1 Å². The van der Waals surface area contributed by atoms with Gasteiger partial charge >= 0.3 is 5.97 Å². The van der Waals surface area contributed by atoms with Gasteiger partial charge in [0.05, 0.1) is 0 Å². The number of aliphatic carboxylic acids is 1. The molecule has 0 fully saturated rings.